The molecule has 0 aliphatic carbocycles. The number of halogens is 1. The molecule has 0 aromatic heterocycles. The summed E-state index contributed by atoms with van der Waals surface area (Å²) in [7, 11) is -2.34. The fourth-order valence-corrected chi connectivity index (χ4v) is 4.29. The average molecular weight is 425 g/mol. The zero-order valence-electron chi connectivity index (χ0n) is 16.2. The smallest absolute Gasteiger partial charge is 0.243 e. The monoisotopic (exact) mass is 424 g/mol. The second kappa shape index (κ2) is 10.0. The maximum absolute atomic E-state index is 13.2. The molecule has 0 aliphatic heterocycles. The van der Waals surface area contributed by atoms with Gasteiger partial charge in [0.25, 0.3) is 0 Å². The van der Waals surface area contributed by atoms with Crippen LogP contribution >= 0.6 is 11.6 Å². The number of hydrogen-bond donors (Lipinski definition) is 1. The fraction of sp³-hybridized carbons (Fsp3) is 0.350. The summed E-state index contributed by atoms with van der Waals surface area (Å²) in [5.74, 6) is -0.401. The van der Waals surface area contributed by atoms with Crippen LogP contribution in [0.2, 0.25) is 5.02 Å². The van der Waals surface area contributed by atoms with Crippen LogP contribution in [0.1, 0.15) is 18.1 Å². The van der Waals surface area contributed by atoms with E-state index in [1.54, 1.807) is 55.5 Å². The number of hydrogen-bond acceptors (Lipinski definition) is 4. The molecule has 1 atom stereocenters. The summed E-state index contributed by atoms with van der Waals surface area (Å²) in [6.45, 7) is 3.73. The van der Waals surface area contributed by atoms with E-state index in [0.717, 1.165) is 9.87 Å². The first-order chi connectivity index (χ1) is 13.2. The summed E-state index contributed by atoms with van der Waals surface area (Å²) in [4.78, 5) is 12.6. The minimum absolute atomic E-state index is 0.0306. The van der Waals surface area contributed by atoms with Crippen LogP contribution in [0, 0.1) is 6.92 Å². The van der Waals surface area contributed by atoms with Crippen molar-refractivity contribution in [2.24, 2.45) is 0 Å². The summed E-state index contributed by atoms with van der Waals surface area (Å²) >= 11 is 6.03. The Morgan fingerprint density at radius 1 is 1.21 bits per heavy atom. The highest BCUT2D eigenvalue weighted by atomic mass is 35.5. The first-order valence-electron chi connectivity index (χ1n) is 8.82. The van der Waals surface area contributed by atoms with Gasteiger partial charge in [0, 0.05) is 24.7 Å². The first-order valence-corrected chi connectivity index (χ1v) is 10.6. The van der Waals surface area contributed by atoms with Crippen LogP contribution in [0.25, 0.3) is 0 Å². The van der Waals surface area contributed by atoms with Crippen LogP contribution < -0.4 is 5.32 Å². The average Bonchev–Trinajstić information content (AvgIpc) is 2.61. The van der Waals surface area contributed by atoms with Crippen LogP contribution in [0.4, 0.5) is 0 Å². The molecule has 8 heteroatoms. The van der Waals surface area contributed by atoms with Gasteiger partial charge in [-0.25, -0.2) is 8.42 Å². The van der Waals surface area contributed by atoms with E-state index in [0.29, 0.717) is 17.2 Å². The minimum atomic E-state index is -3.87. The Kier molecular flexibility index (Phi) is 8.00. The van der Waals surface area contributed by atoms with Crippen molar-refractivity contribution >= 4 is 27.5 Å². The molecule has 1 N–H and O–H groups in total. The quantitative estimate of drug-likeness (QED) is 0.671. The van der Waals surface area contributed by atoms with E-state index < -0.39 is 15.9 Å². The molecule has 0 aliphatic rings. The number of rotatable bonds is 9. The molecule has 0 saturated carbocycles. The van der Waals surface area contributed by atoms with Gasteiger partial charge in [-0.1, -0.05) is 41.4 Å². The molecule has 0 spiro atoms. The maximum Gasteiger partial charge on any atom is 0.243 e. The second-order valence-electron chi connectivity index (χ2n) is 6.64. The molecule has 0 heterocycles. The minimum Gasteiger partial charge on any atom is -0.383 e. The molecular formula is C20H25ClN2O4S. The topological polar surface area (TPSA) is 75.7 Å². The van der Waals surface area contributed by atoms with Gasteiger partial charge in [-0.2, -0.15) is 4.31 Å². The summed E-state index contributed by atoms with van der Waals surface area (Å²) < 4.78 is 32.5. The summed E-state index contributed by atoms with van der Waals surface area (Å²) in [5, 5.41) is 3.25. The third-order valence-electron chi connectivity index (χ3n) is 4.05. The van der Waals surface area contributed by atoms with Crippen LogP contribution in [-0.4, -0.2) is 44.9 Å². The highest BCUT2D eigenvalue weighted by Crippen LogP contribution is 2.20. The van der Waals surface area contributed by atoms with E-state index in [9.17, 15) is 13.2 Å². The van der Waals surface area contributed by atoms with Gasteiger partial charge in [0.05, 0.1) is 18.0 Å². The Bertz CT molecular complexity index is 901. The number of aryl methyl sites for hydroxylation is 1. The van der Waals surface area contributed by atoms with Crippen molar-refractivity contribution in [3.8, 4) is 0 Å². The van der Waals surface area contributed by atoms with Gasteiger partial charge < -0.3 is 10.1 Å². The zero-order chi connectivity index (χ0) is 20.7. The third-order valence-corrected chi connectivity index (χ3v) is 6.09. The maximum atomic E-state index is 13.2. The lowest BCUT2D eigenvalue weighted by Crippen LogP contribution is -2.44. The molecule has 1 amide bonds. The number of benzene rings is 2. The Hall–Kier alpha value is -1.93. The molecule has 0 bridgehead atoms. The molecule has 0 fully saturated rings. The number of nitrogens with one attached hydrogen (secondary N) is 1. The van der Waals surface area contributed by atoms with Crippen molar-refractivity contribution in [2.75, 3.05) is 20.3 Å². The van der Waals surface area contributed by atoms with E-state index in [1.165, 1.54) is 7.11 Å². The Balaban J connectivity index is 2.29. The van der Waals surface area contributed by atoms with Crippen LogP contribution in [0.15, 0.2) is 53.4 Å². The normalized spacial score (nSPS) is 12.8. The highest BCUT2D eigenvalue weighted by Gasteiger charge is 2.27. The van der Waals surface area contributed by atoms with Crippen molar-refractivity contribution in [3.63, 3.8) is 0 Å². The largest absolute Gasteiger partial charge is 0.383 e. The van der Waals surface area contributed by atoms with E-state index >= 15 is 0 Å². The van der Waals surface area contributed by atoms with Crippen LogP contribution in [0.5, 0.6) is 0 Å². The Morgan fingerprint density at radius 3 is 2.50 bits per heavy atom. The standard InChI is InChI=1S/C20H25ClN2O4S/c1-15-7-9-19(10-8-15)28(25,26)23(12-17-5-4-6-18(21)11-17)13-20(24)22-16(2)14-27-3/h4-11,16H,12-14H2,1-3H3,(H,22,24)/t16-/m0/s1. The van der Waals surface area contributed by atoms with E-state index in [2.05, 4.69) is 5.32 Å². The molecule has 6 nitrogen and oxygen atoms in total. The lowest BCUT2D eigenvalue weighted by molar-refractivity contribution is -0.122. The summed E-state index contributed by atoms with van der Waals surface area (Å²) in [6, 6.07) is 13.2. The fourth-order valence-electron chi connectivity index (χ4n) is 2.70. The zero-order valence-corrected chi connectivity index (χ0v) is 17.8. The van der Waals surface area contributed by atoms with Crippen molar-refractivity contribution in [1.29, 1.82) is 0 Å². The Morgan fingerprint density at radius 2 is 1.89 bits per heavy atom. The van der Waals surface area contributed by atoms with Crippen LogP contribution in [-0.2, 0) is 26.1 Å². The van der Waals surface area contributed by atoms with E-state index in [4.69, 9.17) is 16.3 Å². The van der Waals surface area contributed by atoms with E-state index in [1.807, 2.05) is 6.92 Å². The van der Waals surface area contributed by atoms with Gasteiger partial charge in [-0.15, -0.1) is 0 Å². The molecule has 0 saturated heterocycles. The van der Waals surface area contributed by atoms with Crippen molar-refractivity contribution in [1.82, 2.24) is 9.62 Å². The number of carbonyl (C=O) groups is 1. The molecule has 152 valence electrons. The molecule has 2 rings (SSSR count). The van der Waals surface area contributed by atoms with Gasteiger partial charge in [-0.3, -0.25) is 4.79 Å². The summed E-state index contributed by atoms with van der Waals surface area (Å²) in [5.41, 5.74) is 1.65. The molecule has 28 heavy (non-hydrogen) atoms. The van der Waals surface area contributed by atoms with Crippen molar-refractivity contribution in [2.45, 2.75) is 31.3 Å². The molecular weight excluding hydrogens is 400 g/mol. The van der Waals surface area contributed by atoms with Gasteiger partial charge in [0.2, 0.25) is 15.9 Å². The Labute approximate surface area is 171 Å². The molecule has 2 aromatic rings. The number of sulfonamides is 1. The number of amides is 1. The number of ether oxygens (including phenoxy) is 1. The first kappa shape index (κ1) is 22.4. The van der Waals surface area contributed by atoms with Gasteiger partial charge >= 0.3 is 0 Å². The SMILES string of the molecule is COC[C@H](C)NC(=O)CN(Cc1cccc(Cl)c1)S(=O)(=O)c1ccc(C)cc1. The second-order valence-corrected chi connectivity index (χ2v) is 9.01. The third kappa shape index (κ3) is 6.31. The van der Waals surface area contributed by atoms with Gasteiger partial charge in [0.15, 0.2) is 0 Å². The summed E-state index contributed by atoms with van der Waals surface area (Å²) in [6.07, 6.45) is 0. The lowest BCUT2D eigenvalue weighted by atomic mass is 10.2. The number of carbonyl (C=O) groups excluding carboxylic acids is 1. The molecule has 0 radical (unpaired) electrons. The predicted octanol–water partition coefficient (Wildman–Crippen LogP) is 2.99. The predicted molar refractivity (Wildman–Crippen MR) is 110 cm³/mol. The van der Waals surface area contributed by atoms with E-state index in [-0.39, 0.29) is 24.0 Å². The van der Waals surface area contributed by atoms with Gasteiger partial charge in [0.1, 0.15) is 0 Å². The van der Waals surface area contributed by atoms with Crippen molar-refractivity contribution in [3.05, 3.63) is 64.7 Å². The molecule has 2 aromatic carbocycles. The molecule has 0 unspecified atom stereocenters. The highest BCUT2D eigenvalue weighted by molar-refractivity contribution is 7.89. The number of methoxy groups -OCH3 is 1. The van der Waals surface area contributed by atoms with Crippen LogP contribution in [0.3, 0.4) is 0 Å². The number of nitrogens with zero attached hydrogens (tertiary/aromatic N) is 1. The van der Waals surface area contributed by atoms with Crippen molar-refractivity contribution < 1.29 is 17.9 Å². The lowest BCUT2D eigenvalue weighted by Gasteiger charge is -2.23. The van der Waals surface area contributed by atoms with Gasteiger partial charge in [-0.05, 0) is 43.7 Å².